The van der Waals surface area contributed by atoms with Crippen LogP contribution in [0.5, 0.6) is 0 Å². The molecule has 0 aliphatic heterocycles. The first kappa shape index (κ1) is 16.1. The number of nitrogens with one attached hydrogen (secondary N) is 1. The molecule has 23 heavy (non-hydrogen) atoms. The third kappa shape index (κ3) is 4.37. The second kappa shape index (κ2) is 7.68. The highest BCUT2D eigenvalue weighted by atomic mass is 32.1. The van der Waals surface area contributed by atoms with Crippen molar-refractivity contribution in [2.24, 2.45) is 0 Å². The third-order valence-corrected chi connectivity index (χ3v) is 4.77. The van der Waals surface area contributed by atoms with E-state index in [1.165, 1.54) is 11.3 Å². The third-order valence-electron chi connectivity index (χ3n) is 3.93. The number of hydrogen-bond donors (Lipinski definition) is 2. The monoisotopic (exact) mass is 331 g/mol. The fraction of sp³-hybridized carbons (Fsp3) is 0.412. The smallest absolute Gasteiger partial charge is 0.235 e. The van der Waals surface area contributed by atoms with Crippen LogP contribution in [0.2, 0.25) is 0 Å². The zero-order valence-electron chi connectivity index (χ0n) is 12.9. The van der Waals surface area contributed by atoms with Gasteiger partial charge in [-0.2, -0.15) is 0 Å². The van der Waals surface area contributed by atoms with Crippen LogP contribution in [0.3, 0.4) is 0 Å². The van der Waals surface area contributed by atoms with Crippen LogP contribution in [0, 0.1) is 0 Å². The highest BCUT2D eigenvalue weighted by molar-refractivity contribution is 7.09. The van der Waals surface area contributed by atoms with Crippen molar-refractivity contribution in [2.75, 3.05) is 19.7 Å². The Labute approximate surface area is 140 Å². The molecule has 2 N–H and O–H groups in total. The van der Waals surface area contributed by atoms with Crippen LogP contribution in [0.15, 0.2) is 41.9 Å². The van der Waals surface area contributed by atoms with Gasteiger partial charge in [-0.15, -0.1) is 11.3 Å². The van der Waals surface area contributed by atoms with Gasteiger partial charge in [0.15, 0.2) is 0 Å². The molecule has 5 nitrogen and oxygen atoms in total. The number of amides is 1. The van der Waals surface area contributed by atoms with Crippen LogP contribution in [0.25, 0.3) is 0 Å². The second-order valence-electron chi connectivity index (χ2n) is 5.71. The number of thiazole rings is 1. The molecule has 0 radical (unpaired) electrons. The van der Waals surface area contributed by atoms with E-state index in [0.29, 0.717) is 19.1 Å². The van der Waals surface area contributed by atoms with E-state index in [2.05, 4.69) is 15.2 Å². The lowest BCUT2D eigenvalue weighted by atomic mass is 10.1. The first-order valence-electron chi connectivity index (χ1n) is 7.86. The van der Waals surface area contributed by atoms with Gasteiger partial charge in [0.25, 0.3) is 0 Å². The molecular formula is C17H21N3O2S. The Morgan fingerprint density at radius 3 is 2.78 bits per heavy atom. The summed E-state index contributed by atoms with van der Waals surface area (Å²) in [4.78, 5) is 18.9. The lowest BCUT2D eigenvalue weighted by molar-refractivity contribution is -0.123. The summed E-state index contributed by atoms with van der Waals surface area (Å²) >= 11 is 1.54. The highest BCUT2D eigenvalue weighted by Crippen LogP contribution is 2.27. The second-order valence-corrected chi connectivity index (χ2v) is 6.63. The van der Waals surface area contributed by atoms with E-state index in [4.69, 9.17) is 5.11 Å². The van der Waals surface area contributed by atoms with Crippen LogP contribution in [0.1, 0.15) is 29.5 Å². The fourth-order valence-corrected chi connectivity index (χ4v) is 3.37. The molecule has 0 saturated heterocycles. The zero-order chi connectivity index (χ0) is 16.1. The molecule has 0 bridgehead atoms. The lowest BCUT2D eigenvalue weighted by Crippen LogP contribution is -2.41. The number of carbonyl (C=O) groups is 1. The van der Waals surface area contributed by atoms with E-state index < -0.39 is 0 Å². The number of aliphatic hydroxyl groups is 1. The fourth-order valence-electron chi connectivity index (χ4n) is 2.66. The quantitative estimate of drug-likeness (QED) is 0.774. The van der Waals surface area contributed by atoms with Crippen molar-refractivity contribution in [1.82, 2.24) is 15.2 Å². The van der Waals surface area contributed by atoms with Crippen molar-refractivity contribution in [3.8, 4) is 0 Å². The molecular weight excluding hydrogens is 310 g/mol. The number of aromatic nitrogens is 1. The average Bonchev–Trinajstić information content (AvgIpc) is 3.28. The van der Waals surface area contributed by atoms with Gasteiger partial charge in [0.1, 0.15) is 11.0 Å². The minimum atomic E-state index is -0.223. The predicted octanol–water partition coefficient (Wildman–Crippen LogP) is 1.81. The molecule has 2 aromatic rings. The Morgan fingerprint density at radius 1 is 1.39 bits per heavy atom. The summed E-state index contributed by atoms with van der Waals surface area (Å²) in [7, 11) is 0. The van der Waals surface area contributed by atoms with Crippen molar-refractivity contribution >= 4 is 17.2 Å². The van der Waals surface area contributed by atoms with Gasteiger partial charge in [-0.1, -0.05) is 30.3 Å². The van der Waals surface area contributed by atoms with Gasteiger partial charge in [0.2, 0.25) is 5.91 Å². The van der Waals surface area contributed by atoms with E-state index in [1.807, 2.05) is 35.7 Å². The summed E-state index contributed by atoms with van der Waals surface area (Å²) in [6.45, 7) is 0.948. The summed E-state index contributed by atoms with van der Waals surface area (Å²) in [6, 6.07) is 10.1. The van der Waals surface area contributed by atoms with E-state index in [1.54, 1.807) is 6.20 Å². The summed E-state index contributed by atoms with van der Waals surface area (Å²) in [5.74, 6) is -0.0330. The molecule has 1 aliphatic carbocycles. The molecule has 1 unspecified atom stereocenters. The van der Waals surface area contributed by atoms with Gasteiger partial charge in [0, 0.05) is 24.2 Å². The standard InChI is InChI=1S/C17H21N3O2S/c21-10-9-20(14-6-7-14)12-15(22)19-16(17-18-8-11-23-17)13-4-2-1-3-5-13/h1-5,8,11,14,16,21H,6-7,9-10,12H2,(H,19,22). The van der Waals surface area contributed by atoms with Gasteiger partial charge in [-0.05, 0) is 18.4 Å². The number of carbonyl (C=O) groups excluding carboxylic acids is 1. The molecule has 1 aromatic carbocycles. The van der Waals surface area contributed by atoms with Gasteiger partial charge in [-0.3, -0.25) is 9.69 Å². The summed E-state index contributed by atoms with van der Waals surface area (Å²) in [5, 5.41) is 15.0. The minimum Gasteiger partial charge on any atom is -0.395 e. The number of rotatable bonds is 8. The molecule has 1 heterocycles. The number of benzene rings is 1. The maximum atomic E-state index is 12.5. The van der Waals surface area contributed by atoms with Crippen molar-refractivity contribution in [1.29, 1.82) is 0 Å². The topological polar surface area (TPSA) is 65.5 Å². The van der Waals surface area contributed by atoms with E-state index >= 15 is 0 Å². The molecule has 6 heteroatoms. The molecule has 122 valence electrons. The SMILES string of the molecule is O=C(CN(CCO)C1CC1)NC(c1ccccc1)c1nccs1. The van der Waals surface area contributed by atoms with Gasteiger partial charge in [-0.25, -0.2) is 4.98 Å². The van der Waals surface area contributed by atoms with Crippen molar-refractivity contribution in [3.63, 3.8) is 0 Å². The van der Waals surface area contributed by atoms with Gasteiger partial charge < -0.3 is 10.4 Å². The Hall–Kier alpha value is -1.76. The zero-order valence-corrected chi connectivity index (χ0v) is 13.7. The van der Waals surface area contributed by atoms with Crippen LogP contribution in [-0.2, 0) is 4.79 Å². The van der Waals surface area contributed by atoms with Crippen LogP contribution in [0.4, 0.5) is 0 Å². The molecule has 1 amide bonds. The maximum Gasteiger partial charge on any atom is 0.235 e. The lowest BCUT2D eigenvalue weighted by Gasteiger charge is -2.23. The summed E-state index contributed by atoms with van der Waals surface area (Å²) in [6.07, 6.45) is 3.98. The summed E-state index contributed by atoms with van der Waals surface area (Å²) in [5.41, 5.74) is 1.02. The van der Waals surface area contributed by atoms with E-state index in [0.717, 1.165) is 23.4 Å². The number of nitrogens with zero attached hydrogens (tertiary/aromatic N) is 2. The molecule has 1 fully saturated rings. The van der Waals surface area contributed by atoms with Crippen molar-refractivity contribution in [3.05, 3.63) is 52.5 Å². The molecule has 1 atom stereocenters. The van der Waals surface area contributed by atoms with Crippen LogP contribution >= 0.6 is 11.3 Å². The van der Waals surface area contributed by atoms with Crippen molar-refractivity contribution in [2.45, 2.75) is 24.9 Å². The van der Waals surface area contributed by atoms with E-state index in [-0.39, 0.29) is 18.6 Å². The molecule has 1 saturated carbocycles. The number of hydrogen-bond acceptors (Lipinski definition) is 5. The number of aliphatic hydroxyl groups excluding tert-OH is 1. The molecule has 0 spiro atoms. The van der Waals surface area contributed by atoms with Gasteiger partial charge >= 0.3 is 0 Å². The predicted molar refractivity (Wildman–Crippen MR) is 90.2 cm³/mol. The van der Waals surface area contributed by atoms with E-state index in [9.17, 15) is 4.79 Å². The Bertz CT molecular complexity index is 614. The Morgan fingerprint density at radius 2 is 2.17 bits per heavy atom. The first-order chi connectivity index (χ1) is 11.3. The maximum absolute atomic E-state index is 12.5. The normalized spacial score (nSPS) is 15.6. The first-order valence-corrected chi connectivity index (χ1v) is 8.74. The molecule has 1 aromatic heterocycles. The van der Waals surface area contributed by atoms with Crippen LogP contribution in [-0.4, -0.2) is 46.6 Å². The van der Waals surface area contributed by atoms with Crippen LogP contribution < -0.4 is 5.32 Å². The Balaban J connectivity index is 1.69. The highest BCUT2D eigenvalue weighted by Gasteiger charge is 2.30. The van der Waals surface area contributed by atoms with Crippen molar-refractivity contribution < 1.29 is 9.90 Å². The molecule has 3 rings (SSSR count). The largest absolute Gasteiger partial charge is 0.395 e. The Kier molecular flexibility index (Phi) is 5.38. The average molecular weight is 331 g/mol. The molecule has 1 aliphatic rings. The summed E-state index contributed by atoms with van der Waals surface area (Å²) < 4.78 is 0. The van der Waals surface area contributed by atoms with Gasteiger partial charge in [0.05, 0.1) is 13.2 Å². The minimum absolute atomic E-state index is 0.0330.